The van der Waals surface area contributed by atoms with Crippen molar-refractivity contribution in [3.63, 3.8) is 0 Å². The van der Waals surface area contributed by atoms with E-state index in [0.717, 1.165) is 6.42 Å². The molecular weight excluding hydrogens is 248 g/mol. The van der Waals surface area contributed by atoms with E-state index >= 15 is 0 Å². The first kappa shape index (κ1) is 13.3. The third kappa shape index (κ3) is 3.92. The first-order valence-corrected chi connectivity index (χ1v) is 6.00. The second-order valence-electron chi connectivity index (χ2n) is 3.98. The van der Waals surface area contributed by atoms with E-state index in [0.29, 0.717) is 37.0 Å². The van der Waals surface area contributed by atoms with Crippen molar-refractivity contribution in [3.05, 3.63) is 40.2 Å². The number of nitrogens with zero attached hydrogens (tertiary/aromatic N) is 2. The second-order valence-corrected chi connectivity index (χ2v) is 3.98. The standard InChI is InChI=1S/C12H16N4O3/c1-18-6-3-5-13-12-14-11(17)10(15-16-12)8-9-4-2-7-19-9/h2,4,7H,3,5-6,8H2,1H3,(H2,13,14,16,17). The van der Waals surface area contributed by atoms with E-state index in [2.05, 4.69) is 20.5 Å². The SMILES string of the molecule is COCCCNc1nnc(Cc2ccco2)c(=O)[nH]1. The molecule has 7 nitrogen and oxygen atoms in total. The molecule has 2 N–H and O–H groups in total. The number of hydrogen-bond acceptors (Lipinski definition) is 6. The maximum atomic E-state index is 11.8. The van der Waals surface area contributed by atoms with Crippen molar-refractivity contribution in [1.29, 1.82) is 0 Å². The van der Waals surface area contributed by atoms with E-state index < -0.39 is 0 Å². The van der Waals surface area contributed by atoms with Gasteiger partial charge in [0.1, 0.15) is 11.5 Å². The van der Waals surface area contributed by atoms with Crippen molar-refractivity contribution < 1.29 is 9.15 Å². The minimum absolute atomic E-state index is 0.263. The molecule has 0 aliphatic rings. The molecule has 0 bridgehead atoms. The average molecular weight is 264 g/mol. The van der Waals surface area contributed by atoms with Crippen LogP contribution < -0.4 is 10.9 Å². The van der Waals surface area contributed by atoms with Crippen LogP contribution in [0.15, 0.2) is 27.6 Å². The molecule has 102 valence electrons. The Morgan fingerprint density at radius 1 is 1.47 bits per heavy atom. The van der Waals surface area contributed by atoms with Gasteiger partial charge in [0.25, 0.3) is 5.56 Å². The summed E-state index contributed by atoms with van der Waals surface area (Å²) in [5.74, 6) is 1.05. The van der Waals surface area contributed by atoms with Crippen molar-refractivity contribution in [3.8, 4) is 0 Å². The topological polar surface area (TPSA) is 93.0 Å². The predicted molar refractivity (Wildman–Crippen MR) is 69.1 cm³/mol. The Labute approximate surface area is 110 Å². The summed E-state index contributed by atoms with van der Waals surface area (Å²) < 4.78 is 10.1. The van der Waals surface area contributed by atoms with Gasteiger partial charge in [0.05, 0.1) is 12.7 Å². The summed E-state index contributed by atoms with van der Waals surface area (Å²) in [6.07, 6.45) is 2.72. The molecule has 0 unspecified atom stereocenters. The molecule has 0 saturated heterocycles. The van der Waals surface area contributed by atoms with Gasteiger partial charge in [0, 0.05) is 20.3 Å². The lowest BCUT2D eigenvalue weighted by Gasteiger charge is -2.04. The molecule has 0 saturated carbocycles. The summed E-state index contributed by atoms with van der Waals surface area (Å²) in [6, 6.07) is 3.56. The van der Waals surface area contributed by atoms with Crippen molar-refractivity contribution in [2.24, 2.45) is 0 Å². The lowest BCUT2D eigenvalue weighted by Crippen LogP contribution is -2.20. The number of nitrogens with one attached hydrogen (secondary N) is 2. The molecule has 0 atom stereocenters. The zero-order chi connectivity index (χ0) is 13.5. The van der Waals surface area contributed by atoms with E-state index in [-0.39, 0.29) is 5.56 Å². The molecule has 0 aliphatic carbocycles. The van der Waals surface area contributed by atoms with Crippen LogP contribution >= 0.6 is 0 Å². The molecular formula is C12H16N4O3. The zero-order valence-corrected chi connectivity index (χ0v) is 10.7. The van der Waals surface area contributed by atoms with Crippen LogP contribution in [0.2, 0.25) is 0 Å². The number of aromatic amines is 1. The van der Waals surface area contributed by atoms with Crippen LogP contribution in [0, 0.1) is 0 Å². The molecule has 7 heteroatoms. The van der Waals surface area contributed by atoms with Gasteiger partial charge < -0.3 is 14.5 Å². The molecule has 0 amide bonds. The summed E-state index contributed by atoms with van der Waals surface area (Å²) in [5, 5.41) is 10.8. The van der Waals surface area contributed by atoms with Gasteiger partial charge in [-0.3, -0.25) is 9.78 Å². The number of rotatable bonds is 7. The molecule has 2 aromatic rings. The fraction of sp³-hybridized carbons (Fsp3) is 0.417. The number of methoxy groups -OCH3 is 1. The summed E-state index contributed by atoms with van der Waals surface area (Å²) >= 11 is 0. The van der Waals surface area contributed by atoms with Gasteiger partial charge in [0.15, 0.2) is 0 Å². The van der Waals surface area contributed by atoms with Crippen LogP contribution in [-0.2, 0) is 11.2 Å². The molecule has 0 aromatic carbocycles. The number of furan rings is 1. The lowest BCUT2D eigenvalue weighted by atomic mass is 10.2. The third-order valence-electron chi connectivity index (χ3n) is 2.50. The van der Waals surface area contributed by atoms with Crippen LogP contribution in [0.4, 0.5) is 5.95 Å². The molecule has 0 spiro atoms. The van der Waals surface area contributed by atoms with Crippen LogP contribution in [-0.4, -0.2) is 35.4 Å². The fourth-order valence-corrected chi connectivity index (χ4v) is 1.56. The van der Waals surface area contributed by atoms with E-state index in [9.17, 15) is 4.79 Å². The average Bonchev–Trinajstić information content (AvgIpc) is 2.91. The van der Waals surface area contributed by atoms with Gasteiger partial charge in [-0.1, -0.05) is 0 Å². The molecule has 2 rings (SSSR count). The lowest BCUT2D eigenvalue weighted by molar-refractivity contribution is 0.197. The Bertz CT molecular complexity index is 550. The second kappa shape index (κ2) is 6.69. The van der Waals surface area contributed by atoms with Crippen molar-refractivity contribution in [1.82, 2.24) is 15.2 Å². The van der Waals surface area contributed by atoms with Gasteiger partial charge >= 0.3 is 0 Å². The van der Waals surface area contributed by atoms with Gasteiger partial charge in [-0.25, -0.2) is 0 Å². The molecule has 2 aromatic heterocycles. The van der Waals surface area contributed by atoms with Crippen LogP contribution in [0.3, 0.4) is 0 Å². The summed E-state index contributed by atoms with van der Waals surface area (Å²) in [7, 11) is 1.64. The maximum absolute atomic E-state index is 11.8. The van der Waals surface area contributed by atoms with Crippen LogP contribution in [0.1, 0.15) is 17.9 Å². The van der Waals surface area contributed by atoms with Gasteiger partial charge in [-0.15, -0.1) is 10.2 Å². The number of aromatic nitrogens is 3. The van der Waals surface area contributed by atoms with Crippen molar-refractivity contribution in [2.75, 3.05) is 25.6 Å². The van der Waals surface area contributed by atoms with Gasteiger partial charge in [-0.05, 0) is 18.6 Å². The quantitative estimate of drug-likeness (QED) is 0.718. The summed E-state index contributed by atoms with van der Waals surface area (Å²) in [5.41, 5.74) is 0.0676. The van der Waals surface area contributed by atoms with E-state index in [1.165, 1.54) is 0 Å². The number of H-pyrrole nitrogens is 1. The highest BCUT2D eigenvalue weighted by molar-refractivity contribution is 5.22. The molecule has 0 fully saturated rings. The highest BCUT2D eigenvalue weighted by Crippen LogP contribution is 2.04. The molecule has 0 aliphatic heterocycles. The minimum Gasteiger partial charge on any atom is -0.469 e. The Kier molecular flexibility index (Phi) is 4.68. The summed E-state index contributed by atoms with van der Waals surface area (Å²) in [6.45, 7) is 1.32. The third-order valence-corrected chi connectivity index (χ3v) is 2.50. The number of hydrogen-bond donors (Lipinski definition) is 2. The maximum Gasteiger partial charge on any atom is 0.274 e. The smallest absolute Gasteiger partial charge is 0.274 e. The van der Waals surface area contributed by atoms with E-state index in [1.54, 1.807) is 25.5 Å². The minimum atomic E-state index is -0.263. The Morgan fingerprint density at radius 3 is 3.05 bits per heavy atom. The number of ether oxygens (including phenoxy) is 1. The van der Waals surface area contributed by atoms with Crippen LogP contribution in [0.5, 0.6) is 0 Å². The number of anilines is 1. The zero-order valence-electron chi connectivity index (χ0n) is 10.7. The van der Waals surface area contributed by atoms with E-state index in [1.807, 2.05) is 0 Å². The monoisotopic (exact) mass is 264 g/mol. The largest absolute Gasteiger partial charge is 0.469 e. The highest BCUT2D eigenvalue weighted by Gasteiger charge is 2.07. The molecule has 19 heavy (non-hydrogen) atoms. The Hall–Kier alpha value is -2.15. The Balaban J connectivity index is 1.95. The van der Waals surface area contributed by atoms with Crippen LogP contribution in [0.25, 0.3) is 0 Å². The van der Waals surface area contributed by atoms with Gasteiger partial charge in [0.2, 0.25) is 5.95 Å². The first-order chi connectivity index (χ1) is 9.29. The molecule has 2 heterocycles. The van der Waals surface area contributed by atoms with Crippen molar-refractivity contribution in [2.45, 2.75) is 12.8 Å². The highest BCUT2D eigenvalue weighted by atomic mass is 16.5. The molecule has 0 radical (unpaired) electrons. The Morgan fingerprint density at radius 2 is 2.37 bits per heavy atom. The first-order valence-electron chi connectivity index (χ1n) is 6.00. The van der Waals surface area contributed by atoms with Gasteiger partial charge in [-0.2, -0.15) is 0 Å². The van der Waals surface area contributed by atoms with Crippen molar-refractivity contribution >= 4 is 5.95 Å². The van der Waals surface area contributed by atoms with E-state index in [4.69, 9.17) is 9.15 Å². The normalized spacial score (nSPS) is 10.6. The predicted octanol–water partition coefficient (Wildman–Crippen LogP) is 0.797. The summed E-state index contributed by atoms with van der Waals surface area (Å²) in [4.78, 5) is 14.4. The fourth-order valence-electron chi connectivity index (χ4n) is 1.56.